The molecule has 0 saturated heterocycles. The molecule has 0 fully saturated rings. The quantitative estimate of drug-likeness (QED) is 0.800. The van der Waals surface area contributed by atoms with E-state index >= 15 is 0 Å². The Morgan fingerprint density at radius 1 is 1.29 bits per heavy atom. The van der Waals surface area contributed by atoms with Gasteiger partial charge in [0.2, 0.25) is 0 Å². The Morgan fingerprint density at radius 2 is 1.71 bits per heavy atom. The summed E-state index contributed by atoms with van der Waals surface area (Å²) in [5.41, 5.74) is 0. The van der Waals surface area contributed by atoms with Gasteiger partial charge in [-0.2, -0.15) is 0 Å². The summed E-state index contributed by atoms with van der Waals surface area (Å²) in [6.45, 7) is 1.08. The van der Waals surface area contributed by atoms with Gasteiger partial charge in [0.05, 0.1) is 0 Å². The van der Waals surface area contributed by atoms with Gasteiger partial charge in [0.25, 0.3) is 5.97 Å². The van der Waals surface area contributed by atoms with Gasteiger partial charge in [-0.1, -0.05) is 0 Å². The average molecular weight is 315 g/mol. The molecule has 96 valence electrons. The molecule has 1 aromatic carbocycles. The Morgan fingerprint density at radius 3 is 2.06 bits per heavy atom. The normalized spacial score (nSPS) is 12.3. The first-order valence-corrected chi connectivity index (χ1v) is 6.24. The Bertz CT molecular complexity index is 336. The van der Waals surface area contributed by atoms with Gasteiger partial charge in [-0.05, 0) is 0 Å². The Kier molecular flexibility index (Phi) is 6.87. The van der Waals surface area contributed by atoms with E-state index in [1.165, 1.54) is 0 Å². The molecule has 0 bridgehead atoms. The van der Waals surface area contributed by atoms with Crippen molar-refractivity contribution in [3.8, 4) is 0 Å². The van der Waals surface area contributed by atoms with Gasteiger partial charge in [0.1, 0.15) is 0 Å². The summed E-state index contributed by atoms with van der Waals surface area (Å²) in [4.78, 5) is 9.00. The molecule has 0 aliphatic rings. The van der Waals surface area contributed by atoms with Gasteiger partial charge in [-0.25, -0.2) is 0 Å². The van der Waals surface area contributed by atoms with Crippen molar-refractivity contribution in [3.05, 3.63) is 30.3 Å². The number of rotatable bonds is 2. The Balaban J connectivity index is 0.000000557. The number of carboxylic acids is 1. The maximum absolute atomic E-state index is 11.9. The van der Waals surface area contributed by atoms with Gasteiger partial charge in [-0.15, -0.1) is 0 Å². The van der Waals surface area contributed by atoms with E-state index in [1.807, 2.05) is 0 Å². The maximum atomic E-state index is 11.9. The second kappa shape index (κ2) is 7.32. The van der Waals surface area contributed by atoms with Crippen LogP contribution in [0.4, 0.5) is 13.2 Å². The van der Waals surface area contributed by atoms with Gasteiger partial charge in [0, 0.05) is 6.92 Å². The number of carboxylic acid groups (broad SMARTS) is 1. The number of aliphatic carboxylic acids is 1. The summed E-state index contributed by atoms with van der Waals surface area (Å²) in [6.07, 6.45) is -4.50. The molecule has 0 aromatic heterocycles. The molecule has 0 radical (unpaired) electrons. The van der Waals surface area contributed by atoms with E-state index in [-0.39, 0.29) is 0 Å². The molecule has 1 rings (SSSR count). The fraction of sp³-hybridized carbons (Fsp3) is 0.300. The molecule has 1 atom stereocenters. The summed E-state index contributed by atoms with van der Waals surface area (Å²) in [7, 11) is 0. The molecule has 0 spiro atoms. The topological polar surface area (TPSA) is 57.5 Å². The Labute approximate surface area is 102 Å². The SMILES string of the molecule is CC(=O)O.OC([Se]c1ccccc1)C(F)(F)F. The third-order valence-corrected chi connectivity index (χ3v) is 3.44. The van der Waals surface area contributed by atoms with E-state index in [0.717, 1.165) is 6.92 Å². The summed E-state index contributed by atoms with van der Waals surface area (Å²) in [5, 5.41) is 14.0. The van der Waals surface area contributed by atoms with Crippen LogP contribution in [0.3, 0.4) is 0 Å². The van der Waals surface area contributed by atoms with Crippen LogP contribution in [0.1, 0.15) is 6.92 Å². The summed E-state index contributed by atoms with van der Waals surface area (Å²) in [5.74, 6) is -0.833. The molecule has 7 heteroatoms. The van der Waals surface area contributed by atoms with Crippen LogP contribution in [0.15, 0.2) is 30.3 Å². The first kappa shape index (κ1) is 16.0. The van der Waals surface area contributed by atoms with Crippen LogP contribution in [0, 0.1) is 0 Å². The molecule has 2 N–H and O–H groups in total. The predicted molar refractivity (Wildman–Crippen MR) is 57.2 cm³/mol. The number of aliphatic hydroxyl groups is 1. The molecule has 1 aromatic rings. The van der Waals surface area contributed by atoms with Crippen molar-refractivity contribution in [1.29, 1.82) is 0 Å². The van der Waals surface area contributed by atoms with Crippen LogP contribution in [0.2, 0.25) is 0 Å². The van der Waals surface area contributed by atoms with Crippen molar-refractivity contribution >= 4 is 25.4 Å². The van der Waals surface area contributed by atoms with Crippen LogP contribution < -0.4 is 4.46 Å². The molecule has 0 amide bonds. The average Bonchev–Trinajstić information content (AvgIpc) is 2.16. The number of aliphatic hydroxyl groups excluding tert-OH is 1. The van der Waals surface area contributed by atoms with Crippen LogP contribution in [-0.4, -0.2) is 42.3 Å². The van der Waals surface area contributed by atoms with Gasteiger partial charge >= 0.3 is 79.2 Å². The summed E-state index contributed by atoms with van der Waals surface area (Å²) < 4.78 is 36.2. The van der Waals surface area contributed by atoms with Crippen LogP contribution >= 0.6 is 0 Å². The fourth-order valence-electron chi connectivity index (χ4n) is 0.695. The minimum atomic E-state index is -4.50. The van der Waals surface area contributed by atoms with E-state index in [1.54, 1.807) is 30.3 Å². The zero-order valence-electron chi connectivity index (χ0n) is 8.81. The molecule has 3 nitrogen and oxygen atoms in total. The van der Waals surface area contributed by atoms with Crippen molar-refractivity contribution in [1.82, 2.24) is 0 Å². The minimum absolute atomic E-state index is 0.542. The number of benzene rings is 1. The fourth-order valence-corrected chi connectivity index (χ4v) is 2.18. The number of hydrogen-bond donors (Lipinski definition) is 2. The molecular formula is C10H11F3O3Se. The summed E-state index contributed by atoms with van der Waals surface area (Å²) in [6, 6.07) is 8.18. The van der Waals surface area contributed by atoms with Crippen molar-refractivity contribution in [3.63, 3.8) is 0 Å². The molecule has 0 aliphatic carbocycles. The van der Waals surface area contributed by atoms with E-state index in [2.05, 4.69) is 0 Å². The van der Waals surface area contributed by atoms with Crippen molar-refractivity contribution in [2.24, 2.45) is 0 Å². The van der Waals surface area contributed by atoms with Gasteiger partial charge in [-0.3, -0.25) is 4.79 Å². The zero-order valence-corrected chi connectivity index (χ0v) is 10.5. The molecule has 0 aliphatic heterocycles. The van der Waals surface area contributed by atoms with Crippen molar-refractivity contribution < 1.29 is 28.2 Å². The summed E-state index contributed by atoms with van der Waals surface area (Å²) >= 11 is -0.959. The second-order valence-electron chi connectivity index (χ2n) is 2.84. The third kappa shape index (κ3) is 8.74. The van der Waals surface area contributed by atoms with E-state index in [4.69, 9.17) is 15.0 Å². The standard InChI is InChI=1S/C8H7F3OSe.C2H4O2/c9-8(10,11)7(12)13-6-4-2-1-3-5-6;1-2(3)4/h1-5,7,12H;1H3,(H,3,4). The number of carbonyl (C=O) groups is 1. The Hall–Kier alpha value is -1.04. The molecule has 0 heterocycles. The zero-order chi connectivity index (χ0) is 13.5. The first-order chi connectivity index (χ1) is 7.73. The van der Waals surface area contributed by atoms with Crippen molar-refractivity contribution in [2.75, 3.05) is 0 Å². The predicted octanol–water partition coefficient (Wildman–Crippen LogP) is 0.988. The van der Waals surface area contributed by atoms with Gasteiger partial charge < -0.3 is 5.11 Å². The van der Waals surface area contributed by atoms with E-state index in [9.17, 15) is 13.2 Å². The van der Waals surface area contributed by atoms with Crippen LogP contribution in [-0.2, 0) is 4.79 Å². The van der Waals surface area contributed by atoms with E-state index < -0.39 is 32.1 Å². The number of halogens is 3. The van der Waals surface area contributed by atoms with Crippen molar-refractivity contribution in [2.45, 2.75) is 18.1 Å². The second-order valence-corrected chi connectivity index (χ2v) is 5.26. The van der Waals surface area contributed by atoms with E-state index in [0.29, 0.717) is 4.46 Å². The first-order valence-electron chi connectivity index (χ1n) is 4.39. The van der Waals surface area contributed by atoms with Crippen LogP contribution in [0.25, 0.3) is 0 Å². The molecule has 17 heavy (non-hydrogen) atoms. The van der Waals surface area contributed by atoms with Crippen LogP contribution in [0.5, 0.6) is 0 Å². The number of alkyl halides is 3. The molecule has 1 unspecified atom stereocenters. The number of hydrogen-bond acceptors (Lipinski definition) is 2. The monoisotopic (exact) mass is 316 g/mol. The molecular weight excluding hydrogens is 304 g/mol. The molecule has 0 saturated carbocycles. The third-order valence-electron chi connectivity index (χ3n) is 1.27. The van der Waals surface area contributed by atoms with Gasteiger partial charge in [0.15, 0.2) is 0 Å².